The first-order valence-electron chi connectivity index (χ1n) is 6.05. The second kappa shape index (κ2) is 6.32. The normalized spacial score (nSPS) is 10.2. The van der Waals surface area contributed by atoms with Crippen molar-refractivity contribution in [2.45, 2.75) is 6.54 Å². The Bertz CT molecular complexity index is 676. The number of phenolic OH excluding ortho intramolecular Hbond substituents is 1. The van der Waals surface area contributed by atoms with Crippen molar-refractivity contribution in [3.05, 3.63) is 57.1 Å². The van der Waals surface area contributed by atoms with E-state index in [4.69, 9.17) is 16.3 Å². The first-order valence-corrected chi connectivity index (χ1v) is 6.42. The number of hydrogen-bond donors (Lipinski definition) is 2. The zero-order chi connectivity index (χ0) is 15.4. The number of phenols is 1. The maximum absolute atomic E-state index is 10.7. The van der Waals surface area contributed by atoms with Crippen molar-refractivity contribution in [2.75, 3.05) is 12.4 Å². The molecule has 0 aliphatic heterocycles. The van der Waals surface area contributed by atoms with E-state index in [0.717, 1.165) is 5.56 Å². The fourth-order valence-corrected chi connectivity index (χ4v) is 2.05. The molecule has 0 aliphatic rings. The summed E-state index contributed by atoms with van der Waals surface area (Å²) >= 11 is 5.84. The predicted octanol–water partition coefficient (Wildman–Crippen LogP) is 3.57. The fourth-order valence-electron chi connectivity index (χ4n) is 1.80. The predicted molar refractivity (Wildman–Crippen MR) is 80.1 cm³/mol. The number of nitrogens with zero attached hydrogens (tertiary/aromatic N) is 1. The van der Waals surface area contributed by atoms with Crippen LogP contribution in [0.15, 0.2) is 36.4 Å². The van der Waals surface area contributed by atoms with Gasteiger partial charge in [0.2, 0.25) is 0 Å². The summed E-state index contributed by atoms with van der Waals surface area (Å²) in [5.41, 5.74) is 1.42. The Labute approximate surface area is 126 Å². The summed E-state index contributed by atoms with van der Waals surface area (Å²) in [4.78, 5) is 10.1. The van der Waals surface area contributed by atoms with Gasteiger partial charge in [0.05, 0.1) is 12.0 Å². The molecule has 0 unspecified atom stereocenters. The third-order valence-corrected chi connectivity index (χ3v) is 3.19. The van der Waals surface area contributed by atoms with Crippen LogP contribution in [0.1, 0.15) is 5.56 Å². The lowest BCUT2D eigenvalue weighted by molar-refractivity contribution is -0.384. The van der Waals surface area contributed by atoms with Gasteiger partial charge >= 0.3 is 0 Å². The van der Waals surface area contributed by atoms with Gasteiger partial charge in [0.25, 0.3) is 5.69 Å². The minimum atomic E-state index is -0.531. The highest BCUT2D eigenvalue weighted by Crippen LogP contribution is 2.29. The van der Waals surface area contributed by atoms with E-state index >= 15 is 0 Å². The van der Waals surface area contributed by atoms with Crippen LogP contribution in [0.25, 0.3) is 0 Å². The molecule has 110 valence electrons. The number of anilines is 1. The van der Waals surface area contributed by atoms with Crippen molar-refractivity contribution in [3.63, 3.8) is 0 Å². The molecular formula is C14H13ClN2O4. The number of benzene rings is 2. The van der Waals surface area contributed by atoms with Gasteiger partial charge in [-0.1, -0.05) is 17.7 Å². The first kappa shape index (κ1) is 14.9. The van der Waals surface area contributed by atoms with Crippen molar-refractivity contribution >= 4 is 23.0 Å². The number of methoxy groups -OCH3 is 1. The van der Waals surface area contributed by atoms with Gasteiger partial charge in [0.15, 0.2) is 11.5 Å². The minimum absolute atomic E-state index is 0.0691. The number of aromatic hydroxyl groups is 1. The molecule has 2 N–H and O–H groups in total. The van der Waals surface area contributed by atoms with Crippen molar-refractivity contribution in [2.24, 2.45) is 0 Å². The van der Waals surface area contributed by atoms with E-state index in [1.165, 1.54) is 19.2 Å². The summed E-state index contributed by atoms with van der Waals surface area (Å²) in [5.74, 6) is 0.454. The lowest BCUT2D eigenvalue weighted by atomic mass is 10.2. The third kappa shape index (κ3) is 3.55. The van der Waals surface area contributed by atoms with E-state index in [1.54, 1.807) is 24.3 Å². The van der Waals surface area contributed by atoms with Crippen LogP contribution in [0.4, 0.5) is 11.4 Å². The zero-order valence-corrected chi connectivity index (χ0v) is 11.9. The third-order valence-electron chi connectivity index (χ3n) is 2.89. The van der Waals surface area contributed by atoms with Gasteiger partial charge in [0.1, 0.15) is 5.02 Å². The topological polar surface area (TPSA) is 84.6 Å². The van der Waals surface area contributed by atoms with Gasteiger partial charge in [-0.3, -0.25) is 10.1 Å². The molecule has 0 aliphatic carbocycles. The van der Waals surface area contributed by atoms with Crippen LogP contribution < -0.4 is 10.1 Å². The molecule has 0 spiro atoms. The molecule has 0 radical (unpaired) electrons. The minimum Gasteiger partial charge on any atom is -0.504 e. The van der Waals surface area contributed by atoms with Crippen molar-refractivity contribution in [1.29, 1.82) is 0 Å². The van der Waals surface area contributed by atoms with E-state index in [-0.39, 0.29) is 16.5 Å². The van der Waals surface area contributed by atoms with E-state index < -0.39 is 4.92 Å². The van der Waals surface area contributed by atoms with Crippen molar-refractivity contribution in [1.82, 2.24) is 0 Å². The maximum atomic E-state index is 10.7. The van der Waals surface area contributed by atoms with E-state index in [2.05, 4.69) is 5.32 Å². The van der Waals surface area contributed by atoms with E-state index in [1.807, 2.05) is 0 Å². The van der Waals surface area contributed by atoms with Gasteiger partial charge < -0.3 is 15.2 Å². The van der Waals surface area contributed by atoms with Crippen LogP contribution >= 0.6 is 11.6 Å². The molecule has 2 aromatic carbocycles. The van der Waals surface area contributed by atoms with Gasteiger partial charge in [-0.2, -0.15) is 0 Å². The van der Waals surface area contributed by atoms with Crippen molar-refractivity contribution in [3.8, 4) is 11.5 Å². The fraction of sp³-hybridized carbons (Fsp3) is 0.143. The number of halogens is 1. The van der Waals surface area contributed by atoms with Gasteiger partial charge in [-0.25, -0.2) is 0 Å². The molecule has 6 nitrogen and oxygen atoms in total. The molecule has 2 rings (SSSR count). The molecule has 0 saturated carbocycles. The van der Waals surface area contributed by atoms with Gasteiger partial charge in [0, 0.05) is 18.3 Å². The number of nitro groups is 1. The van der Waals surface area contributed by atoms with Crippen LogP contribution in [0.3, 0.4) is 0 Å². The summed E-state index contributed by atoms with van der Waals surface area (Å²) in [6.45, 7) is 0.463. The summed E-state index contributed by atoms with van der Waals surface area (Å²) in [7, 11) is 1.47. The number of nitrogens with one attached hydrogen (secondary N) is 1. The molecule has 0 saturated heterocycles. The van der Waals surface area contributed by atoms with Crippen LogP contribution in [-0.2, 0) is 6.54 Å². The molecule has 2 aromatic rings. The Hall–Kier alpha value is -2.47. The molecule has 0 fully saturated rings. The van der Waals surface area contributed by atoms with Crippen LogP contribution in [-0.4, -0.2) is 17.1 Å². The van der Waals surface area contributed by atoms with Crippen LogP contribution in [0, 0.1) is 10.1 Å². The molecule has 7 heteroatoms. The van der Waals surface area contributed by atoms with E-state index in [9.17, 15) is 15.2 Å². The molecule has 0 aromatic heterocycles. The quantitative estimate of drug-likeness (QED) is 0.651. The Morgan fingerprint density at radius 2 is 2.10 bits per heavy atom. The summed E-state index contributed by atoms with van der Waals surface area (Å²) < 4.78 is 5.03. The smallest absolute Gasteiger partial charge is 0.288 e. The standard InChI is InChI=1S/C14H13ClN2O4/c1-21-14-6-9(2-5-13(14)18)8-16-10-3-4-12(17(19)20)11(15)7-10/h2-7,16,18H,8H2,1H3. The number of nitro benzene ring substituents is 1. The largest absolute Gasteiger partial charge is 0.504 e. The molecule has 0 heterocycles. The van der Waals surface area contributed by atoms with Gasteiger partial charge in [-0.05, 0) is 29.8 Å². The summed E-state index contributed by atoms with van der Waals surface area (Å²) in [5, 5.41) is 23.4. The Morgan fingerprint density at radius 3 is 2.71 bits per heavy atom. The Kier molecular flexibility index (Phi) is 4.49. The van der Waals surface area contributed by atoms with Crippen molar-refractivity contribution < 1.29 is 14.8 Å². The monoisotopic (exact) mass is 308 g/mol. The lowest BCUT2D eigenvalue weighted by Crippen LogP contribution is -2.00. The first-order chi connectivity index (χ1) is 10.0. The van der Waals surface area contributed by atoms with Crippen LogP contribution in [0.5, 0.6) is 11.5 Å². The summed E-state index contributed by atoms with van der Waals surface area (Å²) in [6.07, 6.45) is 0. The Morgan fingerprint density at radius 1 is 1.33 bits per heavy atom. The number of rotatable bonds is 5. The Balaban J connectivity index is 2.09. The highest BCUT2D eigenvalue weighted by molar-refractivity contribution is 6.32. The maximum Gasteiger partial charge on any atom is 0.288 e. The highest BCUT2D eigenvalue weighted by Gasteiger charge is 2.12. The van der Waals surface area contributed by atoms with Gasteiger partial charge in [-0.15, -0.1) is 0 Å². The van der Waals surface area contributed by atoms with E-state index in [0.29, 0.717) is 18.0 Å². The van der Waals surface area contributed by atoms with Crippen LogP contribution in [0.2, 0.25) is 5.02 Å². The summed E-state index contributed by atoms with van der Waals surface area (Å²) in [6, 6.07) is 9.42. The molecule has 0 atom stereocenters. The SMILES string of the molecule is COc1cc(CNc2ccc([N+](=O)[O-])c(Cl)c2)ccc1O. The second-order valence-electron chi connectivity index (χ2n) is 4.28. The highest BCUT2D eigenvalue weighted by atomic mass is 35.5. The zero-order valence-electron chi connectivity index (χ0n) is 11.2. The average Bonchev–Trinajstić information content (AvgIpc) is 2.46. The number of hydrogen-bond acceptors (Lipinski definition) is 5. The lowest BCUT2D eigenvalue weighted by Gasteiger charge is -2.09. The average molecular weight is 309 g/mol. The molecule has 0 amide bonds. The molecule has 0 bridgehead atoms. The number of ether oxygens (including phenoxy) is 1. The second-order valence-corrected chi connectivity index (χ2v) is 4.69. The molecular weight excluding hydrogens is 296 g/mol. The molecule has 21 heavy (non-hydrogen) atoms.